The van der Waals surface area contributed by atoms with E-state index in [-0.39, 0.29) is 0 Å². The van der Waals surface area contributed by atoms with Gasteiger partial charge in [0.15, 0.2) is 35.1 Å². The van der Waals surface area contributed by atoms with Gasteiger partial charge in [-0.25, -0.2) is 20.8 Å². The molecule has 1 amide bonds. The average molecular weight is 403 g/mol. The molecule has 0 bridgehead atoms. The molecule has 2 aliphatic heterocycles. The van der Waals surface area contributed by atoms with Crippen LogP contribution in [0.4, 0.5) is 5.82 Å². The van der Waals surface area contributed by atoms with Crippen LogP contribution in [0.1, 0.15) is 45.8 Å². The summed E-state index contributed by atoms with van der Waals surface area (Å²) in [6.07, 6.45) is 5.20. The molecule has 11 heteroatoms. The van der Waals surface area contributed by atoms with Gasteiger partial charge in [0, 0.05) is 6.04 Å². The molecule has 1 saturated carbocycles. The third-order valence-corrected chi connectivity index (χ3v) is 5.76. The number of carbonyl (C=O) groups excluding carboxylic acids is 1. The zero-order valence-electron chi connectivity index (χ0n) is 16.4. The number of nitrogens with two attached hydrogens (primary N) is 1. The lowest BCUT2D eigenvalue weighted by Gasteiger charge is -2.24. The Morgan fingerprint density at radius 2 is 1.97 bits per heavy atom. The fourth-order valence-electron chi connectivity index (χ4n) is 4.50. The van der Waals surface area contributed by atoms with Gasteiger partial charge in [-0.15, -0.1) is 0 Å². The second-order valence-corrected chi connectivity index (χ2v) is 8.19. The highest BCUT2D eigenvalue weighted by atomic mass is 16.8. The average Bonchev–Trinajstić information content (AvgIpc) is 3.45. The first kappa shape index (κ1) is 18.7. The Morgan fingerprint density at radius 1 is 1.21 bits per heavy atom. The standard InChI is InChI=1S/C18H25N7O4/c1-18(2)28-11-12(16(26)24-19)27-17(13(11)29-18)25-8-22-10-14(20-7-21-15(10)25)23-9-5-3-4-6-9/h7-9,11-13,17H,3-6,19H2,1-2H3,(H,24,26)(H,20,21,23)/t11-,12+,13-,17-/m1/s1. The number of ether oxygens (including phenoxy) is 3. The number of nitrogens with one attached hydrogen (secondary N) is 2. The molecule has 4 heterocycles. The maximum absolute atomic E-state index is 12.2. The highest BCUT2D eigenvalue weighted by molar-refractivity contribution is 5.83. The minimum absolute atomic E-state index is 0.398. The first-order chi connectivity index (χ1) is 14.0. The number of hydrogen-bond donors (Lipinski definition) is 3. The summed E-state index contributed by atoms with van der Waals surface area (Å²) in [5, 5.41) is 3.48. The number of hydrogen-bond acceptors (Lipinski definition) is 9. The van der Waals surface area contributed by atoms with Gasteiger partial charge >= 0.3 is 0 Å². The monoisotopic (exact) mass is 403 g/mol. The van der Waals surface area contributed by atoms with Crippen molar-refractivity contribution in [2.75, 3.05) is 5.32 Å². The minimum atomic E-state index is -0.896. The number of carbonyl (C=O) groups is 1. The highest BCUT2D eigenvalue weighted by Gasteiger charge is 2.58. The van der Waals surface area contributed by atoms with E-state index in [1.165, 1.54) is 19.2 Å². The van der Waals surface area contributed by atoms with Crippen LogP contribution >= 0.6 is 0 Å². The van der Waals surface area contributed by atoms with Crippen molar-refractivity contribution in [3.63, 3.8) is 0 Å². The van der Waals surface area contributed by atoms with Gasteiger partial charge in [-0.05, 0) is 26.7 Å². The number of anilines is 1. The van der Waals surface area contributed by atoms with E-state index in [9.17, 15) is 4.79 Å². The van der Waals surface area contributed by atoms with Crippen LogP contribution < -0.4 is 16.6 Å². The van der Waals surface area contributed by atoms with Gasteiger partial charge in [-0.2, -0.15) is 0 Å². The van der Waals surface area contributed by atoms with Gasteiger partial charge in [0.05, 0.1) is 6.33 Å². The van der Waals surface area contributed by atoms with Crippen molar-refractivity contribution in [3.8, 4) is 0 Å². The number of amides is 1. The smallest absolute Gasteiger partial charge is 0.265 e. The van der Waals surface area contributed by atoms with Crippen LogP contribution in [-0.4, -0.2) is 55.6 Å². The van der Waals surface area contributed by atoms with Crippen molar-refractivity contribution in [2.45, 2.75) is 75.9 Å². The molecule has 0 unspecified atom stereocenters. The Hall–Kier alpha value is -2.34. The van der Waals surface area contributed by atoms with E-state index >= 15 is 0 Å². The summed E-state index contributed by atoms with van der Waals surface area (Å²) in [6.45, 7) is 3.61. The maximum Gasteiger partial charge on any atom is 0.265 e. The Morgan fingerprint density at radius 3 is 2.72 bits per heavy atom. The van der Waals surface area contributed by atoms with Crippen molar-refractivity contribution < 1.29 is 19.0 Å². The van der Waals surface area contributed by atoms with E-state index in [4.69, 9.17) is 20.1 Å². The summed E-state index contributed by atoms with van der Waals surface area (Å²) < 4.78 is 19.7. The van der Waals surface area contributed by atoms with Crippen LogP contribution in [0.25, 0.3) is 11.2 Å². The molecule has 29 heavy (non-hydrogen) atoms. The molecule has 11 nitrogen and oxygen atoms in total. The number of imidazole rings is 1. The van der Waals surface area contributed by atoms with E-state index in [1.54, 1.807) is 24.7 Å². The van der Waals surface area contributed by atoms with Gasteiger partial charge in [0.2, 0.25) is 0 Å². The predicted octanol–water partition coefficient (Wildman–Crippen LogP) is 0.588. The number of rotatable bonds is 4. The van der Waals surface area contributed by atoms with Crippen LogP contribution in [0.3, 0.4) is 0 Å². The first-order valence-corrected chi connectivity index (χ1v) is 9.92. The zero-order chi connectivity index (χ0) is 20.2. The predicted molar refractivity (Wildman–Crippen MR) is 101 cm³/mol. The topological polar surface area (TPSA) is 138 Å². The molecular formula is C18H25N7O4. The zero-order valence-corrected chi connectivity index (χ0v) is 16.4. The van der Waals surface area contributed by atoms with Crippen molar-refractivity contribution in [2.24, 2.45) is 5.84 Å². The molecule has 4 atom stereocenters. The minimum Gasteiger partial charge on any atom is -0.365 e. The van der Waals surface area contributed by atoms with Crippen LogP contribution in [-0.2, 0) is 19.0 Å². The normalized spacial score (nSPS) is 31.3. The van der Waals surface area contributed by atoms with Gasteiger partial charge in [0.1, 0.15) is 18.5 Å². The number of hydrazine groups is 1. The summed E-state index contributed by atoms with van der Waals surface area (Å²) in [4.78, 5) is 25.5. The molecule has 1 aliphatic carbocycles. The molecule has 0 spiro atoms. The van der Waals surface area contributed by atoms with Crippen molar-refractivity contribution >= 4 is 22.9 Å². The van der Waals surface area contributed by atoms with Crippen LogP contribution in [0.15, 0.2) is 12.7 Å². The second-order valence-electron chi connectivity index (χ2n) is 8.19. The quantitative estimate of drug-likeness (QED) is 0.380. The van der Waals surface area contributed by atoms with E-state index in [2.05, 4.69) is 25.7 Å². The maximum atomic E-state index is 12.2. The number of aromatic nitrogens is 4. The van der Waals surface area contributed by atoms with Crippen LogP contribution in [0.5, 0.6) is 0 Å². The summed E-state index contributed by atoms with van der Waals surface area (Å²) in [5.74, 6) is 4.73. The first-order valence-electron chi connectivity index (χ1n) is 9.92. The second kappa shape index (κ2) is 6.87. The molecule has 0 radical (unpaired) electrons. The molecule has 3 aliphatic rings. The lowest BCUT2D eigenvalue weighted by Crippen LogP contribution is -2.45. The van der Waals surface area contributed by atoms with Crippen molar-refractivity contribution in [3.05, 3.63) is 12.7 Å². The number of fused-ring (bicyclic) bond motifs is 2. The SMILES string of the molecule is CC1(C)O[C@@H]2[C@H](O1)[C@@H](C(=O)NN)O[C@H]2n1cnc2c(NC3CCCC3)ncnc21. The molecule has 156 valence electrons. The fraction of sp³-hybridized carbons (Fsp3) is 0.667. The van der Waals surface area contributed by atoms with Crippen LogP contribution in [0, 0.1) is 0 Å². The lowest BCUT2D eigenvalue weighted by atomic mass is 10.1. The van der Waals surface area contributed by atoms with E-state index < -0.39 is 36.2 Å². The van der Waals surface area contributed by atoms with E-state index in [0.717, 1.165) is 12.8 Å². The molecule has 0 aromatic carbocycles. The summed E-state index contributed by atoms with van der Waals surface area (Å²) >= 11 is 0. The Kier molecular flexibility index (Phi) is 4.42. The molecule has 2 aromatic heterocycles. The van der Waals surface area contributed by atoms with Crippen molar-refractivity contribution in [1.29, 1.82) is 0 Å². The van der Waals surface area contributed by atoms with E-state index in [1.807, 2.05) is 0 Å². The summed E-state index contributed by atoms with van der Waals surface area (Å²) in [5.41, 5.74) is 3.40. The molecule has 2 saturated heterocycles. The Balaban J connectivity index is 1.49. The fourth-order valence-corrected chi connectivity index (χ4v) is 4.50. The van der Waals surface area contributed by atoms with E-state index in [0.29, 0.717) is 23.0 Å². The van der Waals surface area contributed by atoms with Crippen molar-refractivity contribution in [1.82, 2.24) is 24.9 Å². The van der Waals surface area contributed by atoms with Gasteiger partial charge in [0.25, 0.3) is 5.91 Å². The Bertz CT molecular complexity index is 926. The third-order valence-electron chi connectivity index (χ3n) is 5.76. The molecule has 3 fully saturated rings. The number of nitrogens with zero attached hydrogens (tertiary/aromatic N) is 4. The van der Waals surface area contributed by atoms with Gasteiger partial charge in [-0.3, -0.25) is 14.8 Å². The molecule has 4 N–H and O–H groups in total. The lowest BCUT2D eigenvalue weighted by molar-refractivity contribution is -0.197. The Labute approximate surface area is 167 Å². The highest BCUT2D eigenvalue weighted by Crippen LogP contribution is 2.44. The van der Waals surface area contributed by atoms with Gasteiger partial charge in [-0.1, -0.05) is 12.8 Å². The summed E-state index contributed by atoms with van der Waals surface area (Å²) in [7, 11) is 0. The molecule has 2 aromatic rings. The molecular weight excluding hydrogens is 378 g/mol. The van der Waals surface area contributed by atoms with Crippen LogP contribution in [0.2, 0.25) is 0 Å². The summed E-state index contributed by atoms with van der Waals surface area (Å²) in [6, 6.07) is 0.398. The largest absolute Gasteiger partial charge is 0.365 e. The molecule has 5 rings (SSSR count). The third kappa shape index (κ3) is 3.14. The van der Waals surface area contributed by atoms with Gasteiger partial charge < -0.3 is 19.5 Å².